The van der Waals surface area contributed by atoms with Gasteiger partial charge >= 0.3 is 6.03 Å². The molecule has 0 spiro atoms. The molecule has 1 heterocycles. The van der Waals surface area contributed by atoms with Crippen molar-refractivity contribution in [2.24, 2.45) is 11.8 Å². The van der Waals surface area contributed by atoms with Gasteiger partial charge in [0.25, 0.3) is 0 Å². The lowest BCUT2D eigenvalue weighted by Gasteiger charge is -2.21. The number of carbonyl (C=O) groups is 1. The highest BCUT2D eigenvalue weighted by atomic mass is 19.1. The largest absolute Gasteiger partial charge is 0.396 e. The fraction of sp³-hybridized carbons (Fsp3) is 0.588. The third-order valence-corrected chi connectivity index (χ3v) is 4.53. The molecule has 6 heteroatoms. The summed E-state index contributed by atoms with van der Waals surface area (Å²) in [5.41, 5.74) is 1.02. The fourth-order valence-corrected chi connectivity index (χ4v) is 2.68. The van der Waals surface area contributed by atoms with E-state index in [2.05, 4.69) is 15.5 Å². The molecule has 5 nitrogen and oxygen atoms in total. The number of rotatable bonds is 6. The van der Waals surface area contributed by atoms with Gasteiger partial charge in [0, 0.05) is 38.0 Å². The second kappa shape index (κ2) is 8.15. The van der Waals surface area contributed by atoms with Crippen LogP contribution in [0.2, 0.25) is 0 Å². The summed E-state index contributed by atoms with van der Waals surface area (Å²) in [5, 5.41) is 14.8. The van der Waals surface area contributed by atoms with Crippen LogP contribution in [0.25, 0.3) is 0 Å². The summed E-state index contributed by atoms with van der Waals surface area (Å²) in [6.45, 7) is 6.21. The monoisotopic (exact) mass is 323 g/mol. The summed E-state index contributed by atoms with van der Waals surface area (Å²) in [6, 6.07) is 6.25. The molecular formula is C17H26FN3O2. The standard InChI is InChI=1S/C17H26FN3O2/c1-12(11-22)13(2)20-17(23)19-9-14-7-8-21(10-14)16-5-3-15(18)4-6-16/h3-6,12-14,22H,7-11H2,1-2H3,(H2,19,20,23). The Morgan fingerprint density at radius 3 is 2.74 bits per heavy atom. The van der Waals surface area contributed by atoms with Crippen molar-refractivity contribution in [1.29, 1.82) is 0 Å². The number of anilines is 1. The van der Waals surface area contributed by atoms with E-state index in [-0.39, 0.29) is 30.4 Å². The molecule has 3 atom stereocenters. The van der Waals surface area contributed by atoms with Gasteiger partial charge in [0.2, 0.25) is 0 Å². The number of amides is 2. The summed E-state index contributed by atoms with van der Waals surface area (Å²) in [5.74, 6) is 0.187. The summed E-state index contributed by atoms with van der Waals surface area (Å²) < 4.78 is 13.0. The number of carbonyl (C=O) groups excluding carboxylic acids is 1. The Morgan fingerprint density at radius 2 is 2.09 bits per heavy atom. The summed E-state index contributed by atoms with van der Waals surface area (Å²) in [6.07, 6.45) is 1.00. The van der Waals surface area contributed by atoms with Gasteiger partial charge in [-0.2, -0.15) is 0 Å². The van der Waals surface area contributed by atoms with Crippen molar-refractivity contribution >= 4 is 11.7 Å². The Morgan fingerprint density at radius 1 is 1.39 bits per heavy atom. The van der Waals surface area contributed by atoms with Crippen LogP contribution in [0.1, 0.15) is 20.3 Å². The lowest BCUT2D eigenvalue weighted by atomic mass is 10.1. The maximum Gasteiger partial charge on any atom is 0.315 e. The number of hydrogen-bond donors (Lipinski definition) is 3. The Hall–Kier alpha value is -1.82. The number of nitrogens with zero attached hydrogens (tertiary/aromatic N) is 1. The maximum absolute atomic E-state index is 13.0. The van der Waals surface area contributed by atoms with Crippen molar-refractivity contribution in [1.82, 2.24) is 10.6 Å². The van der Waals surface area contributed by atoms with E-state index in [9.17, 15) is 9.18 Å². The molecule has 1 aliphatic heterocycles. The third-order valence-electron chi connectivity index (χ3n) is 4.53. The molecule has 1 fully saturated rings. The molecule has 0 aromatic heterocycles. The number of aliphatic hydroxyl groups excluding tert-OH is 1. The Labute approximate surface area is 136 Å². The van der Waals surface area contributed by atoms with Crippen LogP contribution < -0.4 is 15.5 Å². The average molecular weight is 323 g/mol. The first kappa shape index (κ1) is 17.5. The van der Waals surface area contributed by atoms with Gasteiger partial charge in [-0.1, -0.05) is 6.92 Å². The number of aliphatic hydroxyl groups is 1. The molecule has 1 aliphatic rings. The summed E-state index contributed by atoms with van der Waals surface area (Å²) >= 11 is 0. The normalized spacial score (nSPS) is 20.2. The predicted molar refractivity (Wildman–Crippen MR) is 89.0 cm³/mol. The minimum Gasteiger partial charge on any atom is -0.396 e. The lowest BCUT2D eigenvalue weighted by Crippen LogP contribution is -2.45. The fourth-order valence-electron chi connectivity index (χ4n) is 2.68. The molecule has 0 bridgehead atoms. The first-order valence-electron chi connectivity index (χ1n) is 8.15. The quantitative estimate of drug-likeness (QED) is 0.750. The average Bonchev–Trinajstić information content (AvgIpc) is 3.01. The van der Waals surface area contributed by atoms with Crippen molar-refractivity contribution < 1.29 is 14.3 Å². The Balaban J connectivity index is 1.73. The van der Waals surface area contributed by atoms with Gasteiger partial charge in [0.15, 0.2) is 0 Å². The van der Waals surface area contributed by atoms with Gasteiger partial charge in [-0.3, -0.25) is 0 Å². The molecular weight excluding hydrogens is 297 g/mol. The molecule has 1 aromatic carbocycles. The van der Waals surface area contributed by atoms with E-state index >= 15 is 0 Å². The summed E-state index contributed by atoms with van der Waals surface area (Å²) in [4.78, 5) is 14.1. The Bertz CT molecular complexity index is 509. The van der Waals surface area contributed by atoms with E-state index in [1.54, 1.807) is 12.1 Å². The highest BCUT2D eigenvalue weighted by Crippen LogP contribution is 2.23. The number of urea groups is 1. The zero-order valence-electron chi connectivity index (χ0n) is 13.8. The van der Waals surface area contributed by atoms with Crippen LogP contribution in [0.3, 0.4) is 0 Å². The number of nitrogens with one attached hydrogen (secondary N) is 2. The molecule has 2 rings (SSSR count). The molecule has 2 amide bonds. The molecule has 23 heavy (non-hydrogen) atoms. The number of benzene rings is 1. The molecule has 1 aromatic rings. The van der Waals surface area contributed by atoms with Crippen molar-refractivity contribution in [3.05, 3.63) is 30.1 Å². The smallest absolute Gasteiger partial charge is 0.315 e. The number of hydrogen-bond acceptors (Lipinski definition) is 3. The first-order valence-corrected chi connectivity index (χ1v) is 8.15. The van der Waals surface area contributed by atoms with E-state index < -0.39 is 0 Å². The van der Waals surface area contributed by atoms with Crippen LogP contribution in [-0.2, 0) is 0 Å². The van der Waals surface area contributed by atoms with E-state index in [1.807, 2.05) is 13.8 Å². The van der Waals surface area contributed by atoms with Gasteiger partial charge in [0.1, 0.15) is 5.82 Å². The molecule has 0 radical (unpaired) electrons. The molecule has 128 valence electrons. The van der Waals surface area contributed by atoms with Gasteiger partial charge in [-0.05, 0) is 49.4 Å². The van der Waals surface area contributed by atoms with Gasteiger partial charge < -0.3 is 20.6 Å². The van der Waals surface area contributed by atoms with Crippen LogP contribution in [-0.4, -0.2) is 43.4 Å². The molecule has 3 unspecified atom stereocenters. The third kappa shape index (κ3) is 5.10. The molecule has 3 N–H and O–H groups in total. The SMILES string of the molecule is CC(CO)C(C)NC(=O)NCC1CCN(c2ccc(F)cc2)C1. The lowest BCUT2D eigenvalue weighted by molar-refractivity contribution is 0.200. The van der Waals surface area contributed by atoms with E-state index in [0.717, 1.165) is 25.2 Å². The van der Waals surface area contributed by atoms with Gasteiger partial charge in [-0.15, -0.1) is 0 Å². The minimum absolute atomic E-state index is 0.0289. The highest BCUT2D eigenvalue weighted by Gasteiger charge is 2.23. The van der Waals surface area contributed by atoms with Crippen LogP contribution >= 0.6 is 0 Å². The van der Waals surface area contributed by atoms with E-state index in [1.165, 1.54) is 12.1 Å². The second-order valence-corrected chi connectivity index (χ2v) is 6.38. The van der Waals surface area contributed by atoms with E-state index in [4.69, 9.17) is 5.11 Å². The van der Waals surface area contributed by atoms with E-state index in [0.29, 0.717) is 12.5 Å². The Kier molecular flexibility index (Phi) is 6.21. The second-order valence-electron chi connectivity index (χ2n) is 6.38. The summed E-state index contributed by atoms with van der Waals surface area (Å²) in [7, 11) is 0. The van der Waals surface area contributed by atoms with Crippen LogP contribution in [0.4, 0.5) is 14.9 Å². The van der Waals surface area contributed by atoms with Crippen LogP contribution in [0, 0.1) is 17.7 Å². The minimum atomic E-state index is -0.228. The maximum atomic E-state index is 13.0. The van der Waals surface area contributed by atoms with Crippen LogP contribution in [0.15, 0.2) is 24.3 Å². The van der Waals surface area contributed by atoms with Crippen molar-refractivity contribution in [3.63, 3.8) is 0 Å². The molecule has 1 saturated heterocycles. The van der Waals surface area contributed by atoms with Crippen LogP contribution in [0.5, 0.6) is 0 Å². The zero-order chi connectivity index (χ0) is 16.8. The van der Waals surface area contributed by atoms with Crippen molar-refractivity contribution in [2.75, 3.05) is 31.1 Å². The zero-order valence-corrected chi connectivity index (χ0v) is 13.8. The molecule has 0 aliphatic carbocycles. The van der Waals surface area contributed by atoms with Gasteiger partial charge in [-0.25, -0.2) is 9.18 Å². The van der Waals surface area contributed by atoms with Crippen molar-refractivity contribution in [3.8, 4) is 0 Å². The van der Waals surface area contributed by atoms with Gasteiger partial charge in [0.05, 0.1) is 0 Å². The topological polar surface area (TPSA) is 64.6 Å². The molecule has 0 saturated carbocycles. The van der Waals surface area contributed by atoms with Crippen molar-refractivity contribution in [2.45, 2.75) is 26.3 Å². The number of halogens is 1. The highest BCUT2D eigenvalue weighted by molar-refractivity contribution is 5.74. The predicted octanol–water partition coefficient (Wildman–Crippen LogP) is 1.97. The first-order chi connectivity index (χ1) is 11.0.